The van der Waals surface area contributed by atoms with Crippen LogP contribution in [0.25, 0.3) is 11.4 Å². The molecule has 0 amide bonds. The molecule has 28 heavy (non-hydrogen) atoms. The smallest absolute Gasteiger partial charge is 0.335 e. The molecule has 0 saturated carbocycles. The van der Waals surface area contributed by atoms with Gasteiger partial charge in [-0.2, -0.15) is 0 Å². The van der Waals surface area contributed by atoms with Crippen LogP contribution in [0.1, 0.15) is 10.4 Å². The van der Waals surface area contributed by atoms with Crippen LogP contribution in [-0.2, 0) is 0 Å². The molecule has 2 N–H and O–H groups in total. The van der Waals surface area contributed by atoms with Crippen LogP contribution in [0.3, 0.4) is 0 Å². The molecule has 1 aromatic carbocycles. The van der Waals surface area contributed by atoms with Crippen LogP contribution in [-0.4, -0.2) is 25.9 Å². The second-order valence-electron chi connectivity index (χ2n) is 5.15. The van der Waals surface area contributed by atoms with E-state index < -0.39 is 38.5 Å². The fourth-order valence-corrected chi connectivity index (χ4v) is 2.07. The largest absolute Gasteiger partial charge is 0.867 e. The van der Waals surface area contributed by atoms with E-state index in [1.165, 1.54) is 0 Å². The highest BCUT2D eigenvalue weighted by molar-refractivity contribution is 5.93. The Kier molecular flexibility index (Phi) is 6.26. The van der Waals surface area contributed by atoms with Crippen LogP contribution in [0.4, 0.5) is 11.4 Å². The second kappa shape index (κ2) is 8.80. The van der Waals surface area contributed by atoms with Crippen molar-refractivity contribution < 1.29 is 29.8 Å². The summed E-state index contributed by atoms with van der Waals surface area (Å²) in [5.74, 6) is -3.11. The lowest BCUT2D eigenvalue weighted by molar-refractivity contribution is -0.403. The third-order valence-corrected chi connectivity index (χ3v) is 3.34. The summed E-state index contributed by atoms with van der Waals surface area (Å²) in [5.41, 5.74) is -0.938. The van der Waals surface area contributed by atoms with Crippen LogP contribution < -0.4 is 10.1 Å². The number of carboxylic acid groups (broad SMARTS) is 1. The van der Waals surface area contributed by atoms with Crippen molar-refractivity contribution >= 4 is 17.3 Å². The summed E-state index contributed by atoms with van der Waals surface area (Å²) >= 11 is 0. The average Bonchev–Trinajstić information content (AvgIpc) is 2.69. The summed E-state index contributed by atoms with van der Waals surface area (Å²) in [5, 5.41) is 40.4. The first-order chi connectivity index (χ1) is 13.3. The lowest BCUT2D eigenvalue weighted by atomic mass is 10.1. The number of nitrogens with one attached hydrogen (secondary N) is 1. The van der Waals surface area contributed by atoms with Gasteiger partial charge < -0.3 is 10.2 Å². The van der Waals surface area contributed by atoms with Crippen molar-refractivity contribution in [1.29, 1.82) is 0 Å². The first-order valence-electron chi connectivity index (χ1n) is 7.56. The third kappa shape index (κ3) is 4.82. The standard InChI is InChI=1S/C10H8N2.C7H4N2O7/c1-3-7-11-9(5-1)10-6-2-4-8-12-10;10-6-4(7(11)12)1-3(8(13)14)2-5(6)9(15)16/h1-8H;1-2,10H,(H,11,12). The normalized spacial score (nSPS) is 9.71. The number of nitro benzene ring substituents is 2. The maximum atomic E-state index is 11.2. The molecule has 2 aromatic heterocycles. The number of carbonyl (C=O) groups is 1. The molecule has 0 saturated heterocycles. The zero-order chi connectivity index (χ0) is 20.7. The fraction of sp³-hybridized carbons (Fsp3) is 0. The van der Waals surface area contributed by atoms with Gasteiger partial charge in [0.15, 0.2) is 6.20 Å². The Morgan fingerprint density at radius 1 is 1.04 bits per heavy atom. The minimum atomic E-state index is -1.75. The Morgan fingerprint density at radius 3 is 2.25 bits per heavy atom. The molecule has 3 rings (SSSR count). The zero-order valence-corrected chi connectivity index (χ0v) is 14.0. The number of nitro groups is 2. The quantitative estimate of drug-likeness (QED) is 0.523. The number of pyridine rings is 2. The van der Waals surface area contributed by atoms with Gasteiger partial charge in [0.25, 0.3) is 11.4 Å². The summed E-state index contributed by atoms with van der Waals surface area (Å²) in [6.45, 7) is 0. The number of benzene rings is 1. The second-order valence-corrected chi connectivity index (χ2v) is 5.15. The van der Waals surface area contributed by atoms with Crippen LogP contribution in [0.15, 0.2) is 60.9 Å². The van der Waals surface area contributed by atoms with Gasteiger partial charge in [-0.3, -0.25) is 20.2 Å². The predicted octanol–water partition coefficient (Wildman–Crippen LogP) is 1.84. The number of hydrogen-bond donors (Lipinski definition) is 1. The molecule has 3 aromatic rings. The molecule has 0 bridgehead atoms. The average molecular weight is 384 g/mol. The van der Waals surface area contributed by atoms with E-state index >= 15 is 0 Å². The van der Waals surface area contributed by atoms with E-state index in [2.05, 4.69) is 9.97 Å². The highest BCUT2D eigenvalue weighted by Gasteiger charge is 2.21. The molecule has 0 radical (unpaired) electrons. The van der Waals surface area contributed by atoms with Crippen LogP contribution >= 0.6 is 0 Å². The van der Waals surface area contributed by atoms with Crippen LogP contribution in [0, 0.1) is 20.2 Å². The van der Waals surface area contributed by atoms with E-state index in [0.717, 1.165) is 11.4 Å². The van der Waals surface area contributed by atoms with Gasteiger partial charge in [-0.1, -0.05) is 6.07 Å². The topological polar surface area (TPSA) is 174 Å². The number of hydrogen-bond acceptors (Lipinski definition) is 7. The predicted molar refractivity (Wildman–Crippen MR) is 92.4 cm³/mol. The van der Waals surface area contributed by atoms with E-state index in [4.69, 9.17) is 5.11 Å². The van der Waals surface area contributed by atoms with Gasteiger partial charge in [0.05, 0.1) is 21.5 Å². The van der Waals surface area contributed by atoms with Gasteiger partial charge >= 0.3 is 5.97 Å². The van der Waals surface area contributed by atoms with Crippen molar-refractivity contribution in [3.8, 4) is 17.1 Å². The number of carboxylic acids is 1. The first kappa shape index (κ1) is 19.9. The molecule has 0 aliphatic rings. The Balaban J connectivity index is 0.000000207. The molecule has 0 fully saturated rings. The number of nitrogens with zero attached hydrogens (tertiary/aromatic N) is 3. The number of aromatic carboxylic acids is 1. The van der Waals surface area contributed by atoms with Crippen LogP contribution in [0.5, 0.6) is 5.75 Å². The zero-order valence-electron chi connectivity index (χ0n) is 14.0. The molecule has 142 valence electrons. The van der Waals surface area contributed by atoms with Crippen molar-refractivity contribution in [3.05, 3.63) is 86.7 Å². The lowest BCUT2D eigenvalue weighted by Crippen LogP contribution is -2.08. The van der Waals surface area contributed by atoms with Gasteiger partial charge in [0.2, 0.25) is 5.69 Å². The Morgan fingerprint density at radius 2 is 1.75 bits per heavy atom. The molecule has 2 heterocycles. The molecule has 11 heteroatoms. The number of non-ortho nitro benzene ring substituents is 1. The van der Waals surface area contributed by atoms with Gasteiger partial charge in [-0.25, -0.2) is 14.8 Å². The molecule has 0 unspecified atom stereocenters. The van der Waals surface area contributed by atoms with Crippen LogP contribution in [0.2, 0.25) is 0 Å². The van der Waals surface area contributed by atoms with Crippen molar-refractivity contribution in [2.75, 3.05) is 0 Å². The van der Waals surface area contributed by atoms with Crippen molar-refractivity contribution in [1.82, 2.24) is 4.98 Å². The van der Waals surface area contributed by atoms with Gasteiger partial charge in [0, 0.05) is 24.4 Å². The van der Waals surface area contributed by atoms with Crippen molar-refractivity contribution in [3.63, 3.8) is 0 Å². The first-order valence-corrected chi connectivity index (χ1v) is 7.56. The molecule has 0 atom stereocenters. The number of rotatable bonds is 4. The summed E-state index contributed by atoms with van der Waals surface area (Å²) in [6.07, 6.45) is 3.68. The molecule has 0 aliphatic heterocycles. The SMILES string of the molecule is O=C(O)c1cc([N+](=O)[O-])cc([N+](=O)[O-])c1[O-].c1ccc(-c2cccc[nH+]2)nc1. The fourth-order valence-electron chi connectivity index (χ4n) is 2.07. The van der Waals surface area contributed by atoms with E-state index in [9.17, 15) is 30.1 Å². The minimum absolute atomic E-state index is 0.425. The van der Waals surface area contributed by atoms with Gasteiger partial charge in [0.1, 0.15) is 5.69 Å². The molecule has 0 spiro atoms. The number of aromatic amines is 1. The molecule has 11 nitrogen and oxygen atoms in total. The van der Waals surface area contributed by atoms with Gasteiger partial charge in [-0.15, -0.1) is 0 Å². The van der Waals surface area contributed by atoms with Crippen molar-refractivity contribution in [2.45, 2.75) is 0 Å². The van der Waals surface area contributed by atoms with E-state index in [-0.39, 0.29) is 0 Å². The highest BCUT2D eigenvalue weighted by Crippen LogP contribution is 2.31. The van der Waals surface area contributed by atoms with E-state index in [0.29, 0.717) is 12.1 Å². The Labute approximate surface area is 156 Å². The van der Waals surface area contributed by atoms with E-state index in [1.807, 2.05) is 42.6 Å². The minimum Gasteiger partial charge on any atom is -0.867 e. The number of aromatic nitrogens is 2. The van der Waals surface area contributed by atoms with Gasteiger partial charge in [-0.05, 0) is 23.9 Å². The summed E-state index contributed by atoms with van der Waals surface area (Å²) in [4.78, 5) is 36.4. The monoisotopic (exact) mass is 384 g/mol. The number of H-pyrrole nitrogens is 1. The lowest BCUT2D eigenvalue weighted by Gasteiger charge is -2.09. The third-order valence-electron chi connectivity index (χ3n) is 3.34. The highest BCUT2D eigenvalue weighted by atomic mass is 16.6. The van der Waals surface area contributed by atoms with E-state index in [1.54, 1.807) is 6.20 Å². The molecular weight excluding hydrogens is 372 g/mol. The molecular formula is C17H12N4O7. The van der Waals surface area contributed by atoms with Crippen molar-refractivity contribution in [2.24, 2.45) is 0 Å². The Hall–Kier alpha value is -4.41. The summed E-state index contributed by atoms with van der Waals surface area (Å²) < 4.78 is 0. The maximum Gasteiger partial charge on any atom is 0.335 e. The summed E-state index contributed by atoms with van der Waals surface area (Å²) in [7, 11) is 0. The summed E-state index contributed by atoms with van der Waals surface area (Å²) in [6, 6.07) is 12.7. The molecule has 0 aliphatic carbocycles. The maximum absolute atomic E-state index is 11.2. The Bertz CT molecular complexity index is 938.